The number of nitrogens with zero attached hydrogens (tertiary/aromatic N) is 2. The van der Waals surface area contributed by atoms with Crippen molar-refractivity contribution in [1.82, 2.24) is 9.88 Å². The number of carbonyl (C=O) groups excluding carboxylic acids is 2. The van der Waals surface area contributed by atoms with Crippen LogP contribution in [-0.4, -0.2) is 49.1 Å². The van der Waals surface area contributed by atoms with Crippen molar-refractivity contribution >= 4 is 11.9 Å². The molecular formula is C14H18N2O4. The Labute approximate surface area is 117 Å². The fourth-order valence-electron chi connectivity index (χ4n) is 2.48. The summed E-state index contributed by atoms with van der Waals surface area (Å²) in [6.07, 6.45) is 1.57. The fraction of sp³-hybridized carbons (Fsp3) is 0.500. The lowest BCUT2D eigenvalue weighted by atomic mass is 9.99. The molecule has 2 atom stereocenters. The summed E-state index contributed by atoms with van der Waals surface area (Å²) in [6.45, 7) is 2.83. The van der Waals surface area contributed by atoms with Crippen LogP contribution in [0.5, 0.6) is 5.88 Å². The summed E-state index contributed by atoms with van der Waals surface area (Å²) in [5.41, 5.74) is 0.410. The predicted octanol–water partition coefficient (Wildman–Crippen LogP) is 0.971. The van der Waals surface area contributed by atoms with Crippen LogP contribution in [0.25, 0.3) is 0 Å². The Morgan fingerprint density at radius 3 is 2.75 bits per heavy atom. The highest BCUT2D eigenvalue weighted by Crippen LogP contribution is 2.27. The number of pyridine rings is 1. The smallest absolute Gasteiger partial charge is 0.310 e. The van der Waals surface area contributed by atoms with Crippen LogP contribution in [0.3, 0.4) is 0 Å². The van der Waals surface area contributed by atoms with Crippen LogP contribution in [0.1, 0.15) is 17.3 Å². The minimum absolute atomic E-state index is 0.0778. The number of likely N-dealkylation sites (tertiary alicyclic amines) is 1. The van der Waals surface area contributed by atoms with Gasteiger partial charge in [0.2, 0.25) is 5.88 Å². The molecule has 1 aromatic heterocycles. The third kappa shape index (κ3) is 2.59. The molecule has 6 nitrogen and oxygen atoms in total. The standard InChI is InChI=1S/C14H18N2O4/c1-9-7-16(8-11(9)14(18)20-3)13(17)10-5-4-6-15-12(10)19-2/h4-6,9,11H,7-8H2,1-3H3. The molecule has 0 radical (unpaired) electrons. The number of hydrogen-bond donors (Lipinski definition) is 0. The zero-order valence-corrected chi connectivity index (χ0v) is 11.8. The Kier molecular flexibility index (Phi) is 4.22. The Morgan fingerprint density at radius 2 is 2.10 bits per heavy atom. The zero-order valence-electron chi connectivity index (χ0n) is 11.8. The topological polar surface area (TPSA) is 68.7 Å². The summed E-state index contributed by atoms with van der Waals surface area (Å²) in [4.78, 5) is 29.8. The van der Waals surface area contributed by atoms with Crippen LogP contribution in [0.15, 0.2) is 18.3 Å². The molecule has 0 aliphatic carbocycles. The van der Waals surface area contributed by atoms with Gasteiger partial charge >= 0.3 is 5.97 Å². The quantitative estimate of drug-likeness (QED) is 0.771. The average Bonchev–Trinajstić information content (AvgIpc) is 2.87. The largest absolute Gasteiger partial charge is 0.480 e. The molecule has 1 fully saturated rings. The van der Waals surface area contributed by atoms with E-state index >= 15 is 0 Å². The van der Waals surface area contributed by atoms with E-state index in [2.05, 4.69) is 4.98 Å². The van der Waals surface area contributed by atoms with Gasteiger partial charge < -0.3 is 14.4 Å². The first-order valence-corrected chi connectivity index (χ1v) is 6.44. The van der Waals surface area contributed by atoms with E-state index in [1.165, 1.54) is 14.2 Å². The van der Waals surface area contributed by atoms with Gasteiger partial charge in [-0.25, -0.2) is 4.98 Å². The van der Waals surface area contributed by atoms with Crippen molar-refractivity contribution < 1.29 is 19.1 Å². The van der Waals surface area contributed by atoms with E-state index in [9.17, 15) is 9.59 Å². The van der Waals surface area contributed by atoms with E-state index in [-0.39, 0.29) is 23.7 Å². The van der Waals surface area contributed by atoms with E-state index in [1.54, 1.807) is 23.2 Å². The van der Waals surface area contributed by atoms with Crippen molar-refractivity contribution in [1.29, 1.82) is 0 Å². The van der Waals surface area contributed by atoms with Gasteiger partial charge in [0.25, 0.3) is 5.91 Å². The number of methoxy groups -OCH3 is 2. The van der Waals surface area contributed by atoms with Crippen molar-refractivity contribution in [2.45, 2.75) is 6.92 Å². The van der Waals surface area contributed by atoms with Crippen molar-refractivity contribution in [3.05, 3.63) is 23.9 Å². The van der Waals surface area contributed by atoms with Crippen molar-refractivity contribution in [2.75, 3.05) is 27.3 Å². The van der Waals surface area contributed by atoms with E-state index in [0.717, 1.165) is 0 Å². The maximum absolute atomic E-state index is 12.5. The van der Waals surface area contributed by atoms with Gasteiger partial charge in [-0.05, 0) is 18.1 Å². The molecular weight excluding hydrogens is 260 g/mol. The maximum atomic E-state index is 12.5. The van der Waals surface area contributed by atoms with E-state index in [1.807, 2.05) is 6.92 Å². The normalized spacial score (nSPS) is 21.6. The van der Waals surface area contributed by atoms with Crippen LogP contribution in [0.2, 0.25) is 0 Å². The van der Waals surface area contributed by atoms with Gasteiger partial charge in [0.05, 0.1) is 20.1 Å². The summed E-state index contributed by atoms with van der Waals surface area (Å²) in [6, 6.07) is 3.36. The Bertz CT molecular complexity index is 518. The van der Waals surface area contributed by atoms with Crippen molar-refractivity contribution in [2.24, 2.45) is 11.8 Å². The van der Waals surface area contributed by atoms with Gasteiger partial charge in [0.1, 0.15) is 5.56 Å². The molecule has 0 saturated carbocycles. The fourth-order valence-corrected chi connectivity index (χ4v) is 2.48. The second-order valence-corrected chi connectivity index (χ2v) is 4.88. The molecule has 2 heterocycles. The van der Waals surface area contributed by atoms with Gasteiger partial charge in [0, 0.05) is 19.3 Å². The van der Waals surface area contributed by atoms with Crippen LogP contribution in [-0.2, 0) is 9.53 Å². The molecule has 0 aromatic carbocycles. The Hall–Kier alpha value is -2.11. The van der Waals surface area contributed by atoms with E-state index in [0.29, 0.717) is 24.5 Å². The maximum Gasteiger partial charge on any atom is 0.310 e. The lowest BCUT2D eigenvalue weighted by Gasteiger charge is -2.17. The molecule has 0 spiro atoms. The summed E-state index contributed by atoms with van der Waals surface area (Å²) in [5.74, 6) is -0.341. The lowest BCUT2D eigenvalue weighted by molar-refractivity contribution is -0.146. The molecule has 1 amide bonds. The van der Waals surface area contributed by atoms with Gasteiger partial charge in [0.15, 0.2) is 0 Å². The molecule has 2 unspecified atom stereocenters. The molecule has 1 aromatic rings. The SMILES string of the molecule is COC(=O)C1CN(C(=O)c2cccnc2OC)CC1C. The van der Waals surface area contributed by atoms with Gasteiger partial charge in [-0.3, -0.25) is 9.59 Å². The van der Waals surface area contributed by atoms with Crippen LogP contribution in [0.4, 0.5) is 0 Å². The van der Waals surface area contributed by atoms with Crippen molar-refractivity contribution in [3.63, 3.8) is 0 Å². The molecule has 1 saturated heterocycles. The first kappa shape index (κ1) is 14.3. The van der Waals surface area contributed by atoms with Gasteiger partial charge in [-0.2, -0.15) is 0 Å². The lowest BCUT2D eigenvalue weighted by Crippen LogP contribution is -2.30. The summed E-state index contributed by atoms with van der Waals surface area (Å²) in [5, 5.41) is 0. The summed E-state index contributed by atoms with van der Waals surface area (Å²) >= 11 is 0. The molecule has 1 aliphatic rings. The molecule has 0 N–H and O–H groups in total. The number of ether oxygens (including phenoxy) is 2. The number of hydrogen-bond acceptors (Lipinski definition) is 5. The number of aromatic nitrogens is 1. The second-order valence-electron chi connectivity index (χ2n) is 4.88. The first-order chi connectivity index (χ1) is 9.58. The Balaban J connectivity index is 2.17. The summed E-state index contributed by atoms with van der Waals surface area (Å²) < 4.78 is 9.87. The summed E-state index contributed by atoms with van der Waals surface area (Å²) in [7, 11) is 2.84. The second kappa shape index (κ2) is 5.90. The van der Waals surface area contributed by atoms with Crippen LogP contribution >= 0.6 is 0 Å². The monoisotopic (exact) mass is 278 g/mol. The van der Waals surface area contributed by atoms with E-state index < -0.39 is 0 Å². The minimum atomic E-state index is -0.272. The van der Waals surface area contributed by atoms with Gasteiger partial charge in [-0.15, -0.1) is 0 Å². The Morgan fingerprint density at radius 1 is 1.35 bits per heavy atom. The highest BCUT2D eigenvalue weighted by atomic mass is 16.5. The average molecular weight is 278 g/mol. The molecule has 108 valence electrons. The zero-order chi connectivity index (χ0) is 14.7. The third-order valence-electron chi connectivity index (χ3n) is 3.60. The number of rotatable bonds is 3. The highest BCUT2D eigenvalue weighted by Gasteiger charge is 2.38. The predicted molar refractivity (Wildman–Crippen MR) is 71.4 cm³/mol. The first-order valence-electron chi connectivity index (χ1n) is 6.44. The van der Waals surface area contributed by atoms with Gasteiger partial charge in [-0.1, -0.05) is 6.92 Å². The number of esters is 1. The molecule has 2 rings (SSSR count). The minimum Gasteiger partial charge on any atom is -0.480 e. The number of amides is 1. The highest BCUT2D eigenvalue weighted by molar-refractivity contribution is 5.97. The molecule has 6 heteroatoms. The molecule has 1 aliphatic heterocycles. The van der Waals surface area contributed by atoms with Crippen LogP contribution < -0.4 is 4.74 Å². The third-order valence-corrected chi connectivity index (χ3v) is 3.60. The molecule has 0 bridgehead atoms. The number of carbonyl (C=O) groups is 2. The molecule has 20 heavy (non-hydrogen) atoms. The van der Waals surface area contributed by atoms with E-state index in [4.69, 9.17) is 9.47 Å². The van der Waals surface area contributed by atoms with Crippen LogP contribution in [0, 0.1) is 11.8 Å². The van der Waals surface area contributed by atoms with Crippen molar-refractivity contribution in [3.8, 4) is 5.88 Å².